The fourth-order valence-corrected chi connectivity index (χ4v) is 3.54. The largest absolute Gasteiger partial charge is 0.375 e. The van der Waals surface area contributed by atoms with E-state index in [1.165, 1.54) is 0 Å². The van der Waals surface area contributed by atoms with Crippen molar-refractivity contribution in [1.82, 2.24) is 9.88 Å². The zero-order valence-electron chi connectivity index (χ0n) is 13.1. The van der Waals surface area contributed by atoms with E-state index in [-0.39, 0.29) is 17.6 Å². The summed E-state index contributed by atoms with van der Waals surface area (Å²) in [5.41, 5.74) is 0.651. The lowest BCUT2D eigenvalue weighted by Crippen LogP contribution is -2.48. The van der Waals surface area contributed by atoms with Crippen molar-refractivity contribution < 1.29 is 9.53 Å². The third-order valence-electron chi connectivity index (χ3n) is 4.55. The number of hydrogen-bond acceptors (Lipinski definition) is 2. The number of nitrogens with zero attached hydrogens (tertiary/aromatic N) is 1. The van der Waals surface area contributed by atoms with Gasteiger partial charge in [-0.15, -0.1) is 0 Å². The standard InChI is InChI=1S/C16H25BrN2O2/c1-4-16(5-2)10-13(7-8-21-16)18-15(20)14-9-12(17)11-19(14)6-3/h9,11,13H,4-8,10H2,1-3H3,(H,18,20). The Morgan fingerprint density at radius 1 is 1.48 bits per heavy atom. The molecular weight excluding hydrogens is 332 g/mol. The molecule has 0 aromatic carbocycles. The number of halogens is 1. The monoisotopic (exact) mass is 356 g/mol. The molecule has 1 aromatic rings. The maximum atomic E-state index is 12.5. The molecule has 1 fully saturated rings. The van der Waals surface area contributed by atoms with Gasteiger partial charge in [0.05, 0.1) is 5.60 Å². The summed E-state index contributed by atoms with van der Waals surface area (Å²) >= 11 is 3.44. The average Bonchev–Trinajstić information content (AvgIpc) is 2.88. The summed E-state index contributed by atoms with van der Waals surface area (Å²) in [5.74, 6) is 0.00977. The van der Waals surface area contributed by atoms with Crippen molar-refractivity contribution in [2.75, 3.05) is 6.61 Å². The van der Waals surface area contributed by atoms with Crippen molar-refractivity contribution in [2.24, 2.45) is 0 Å². The number of carbonyl (C=O) groups is 1. The van der Waals surface area contributed by atoms with Gasteiger partial charge in [-0.3, -0.25) is 4.79 Å². The van der Waals surface area contributed by atoms with Crippen molar-refractivity contribution in [3.05, 3.63) is 22.4 Å². The van der Waals surface area contributed by atoms with Gasteiger partial charge in [0.25, 0.3) is 5.91 Å². The number of aromatic nitrogens is 1. The van der Waals surface area contributed by atoms with E-state index in [2.05, 4.69) is 35.1 Å². The average molecular weight is 357 g/mol. The number of ether oxygens (including phenoxy) is 1. The number of rotatable bonds is 5. The first kappa shape index (κ1) is 16.6. The Labute approximate surface area is 135 Å². The van der Waals surface area contributed by atoms with Gasteiger partial charge in [-0.25, -0.2) is 0 Å². The van der Waals surface area contributed by atoms with E-state index in [1.807, 2.05) is 23.8 Å². The van der Waals surface area contributed by atoms with Crippen LogP contribution in [0.2, 0.25) is 0 Å². The van der Waals surface area contributed by atoms with E-state index in [4.69, 9.17) is 4.74 Å². The van der Waals surface area contributed by atoms with Crippen LogP contribution in [0.15, 0.2) is 16.7 Å². The Morgan fingerprint density at radius 3 is 2.81 bits per heavy atom. The minimum absolute atomic E-state index is 0.00977. The van der Waals surface area contributed by atoms with Crippen molar-refractivity contribution in [1.29, 1.82) is 0 Å². The summed E-state index contributed by atoms with van der Waals surface area (Å²) in [4.78, 5) is 12.5. The van der Waals surface area contributed by atoms with Gasteiger partial charge in [0, 0.05) is 29.9 Å². The molecule has 0 radical (unpaired) electrons. The zero-order chi connectivity index (χ0) is 15.5. The number of carbonyl (C=O) groups excluding carboxylic acids is 1. The highest BCUT2D eigenvalue weighted by molar-refractivity contribution is 9.10. The predicted molar refractivity (Wildman–Crippen MR) is 87.6 cm³/mol. The van der Waals surface area contributed by atoms with Crippen LogP contribution in [0.3, 0.4) is 0 Å². The highest BCUT2D eigenvalue weighted by Gasteiger charge is 2.35. The van der Waals surface area contributed by atoms with Crippen molar-refractivity contribution in [3.8, 4) is 0 Å². The molecule has 5 heteroatoms. The normalized spacial score (nSPS) is 21.2. The number of amides is 1. The van der Waals surface area contributed by atoms with E-state index in [0.29, 0.717) is 0 Å². The first-order valence-corrected chi connectivity index (χ1v) is 8.63. The van der Waals surface area contributed by atoms with Gasteiger partial charge in [0.15, 0.2) is 0 Å². The molecule has 1 saturated heterocycles. The van der Waals surface area contributed by atoms with Crippen molar-refractivity contribution >= 4 is 21.8 Å². The lowest BCUT2D eigenvalue weighted by Gasteiger charge is -2.40. The third-order valence-corrected chi connectivity index (χ3v) is 4.99. The van der Waals surface area contributed by atoms with Gasteiger partial charge >= 0.3 is 0 Å². The highest BCUT2D eigenvalue weighted by Crippen LogP contribution is 2.31. The molecule has 1 atom stereocenters. The van der Waals surface area contributed by atoms with Crippen LogP contribution >= 0.6 is 15.9 Å². The summed E-state index contributed by atoms with van der Waals surface area (Å²) in [6.45, 7) is 7.87. The predicted octanol–water partition coefficient (Wildman–Crippen LogP) is 3.74. The number of hydrogen-bond donors (Lipinski definition) is 1. The van der Waals surface area contributed by atoms with E-state index in [9.17, 15) is 4.79 Å². The van der Waals surface area contributed by atoms with E-state index >= 15 is 0 Å². The highest BCUT2D eigenvalue weighted by atomic mass is 79.9. The second kappa shape index (κ2) is 6.97. The van der Waals surface area contributed by atoms with E-state index < -0.39 is 0 Å². The summed E-state index contributed by atoms with van der Waals surface area (Å²) in [6, 6.07) is 2.08. The van der Waals surface area contributed by atoms with Gasteiger partial charge < -0.3 is 14.6 Å². The lowest BCUT2D eigenvalue weighted by atomic mass is 9.86. The zero-order valence-corrected chi connectivity index (χ0v) is 14.7. The van der Waals surface area contributed by atoms with E-state index in [0.717, 1.165) is 49.0 Å². The molecule has 2 heterocycles. The molecule has 1 unspecified atom stereocenters. The Bertz CT molecular complexity index is 494. The molecule has 0 spiro atoms. The van der Waals surface area contributed by atoms with Crippen LogP contribution in [0.4, 0.5) is 0 Å². The first-order valence-electron chi connectivity index (χ1n) is 7.84. The van der Waals surface area contributed by atoms with Crippen molar-refractivity contribution in [2.45, 2.75) is 64.6 Å². The molecule has 2 rings (SSSR count). The summed E-state index contributed by atoms with van der Waals surface area (Å²) in [7, 11) is 0. The molecule has 0 aliphatic carbocycles. The minimum Gasteiger partial charge on any atom is -0.375 e. The van der Waals surface area contributed by atoms with Crippen LogP contribution in [0, 0.1) is 0 Å². The molecule has 1 N–H and O–H groups in total. The maximum Gasteiger partial charge on any atom is 0.268 e. The SMILES string of the molecule is CCn1cc(Br)cc1C(=O)NC1CCOC(CC)(CC)C1. The topological polar surface area (TPSA) is 43.3 Å². The lowest BCUT2D eigenvalue weighted by molar-refractivity contribution is -0.0918. The quantitative estimate of drug-likeness (QED) is 0.873. The van der Waals surface area contributed by atoms with Crippen LogP contribution < -0.4 is 5.32 Å². The Kier molecular flexibility index (Phi) is 5.49. The molecule has 21 heavy (non-hydrogen) atoms. The molecule has 118 valence electrons. The van der Waals surface area contributed by atoms with E-state index in [1.54, 1.807) is 0 Å². The Hall–Kier alpha value is -0.810. The molecule has 1 amide bonds. The summed E-state index contributed by atoms with van der Waals surface area (Å²) < 4.78 is 8.87. The molecule has 4 nitrogen and oxygen atoms in total. The van der Waals surface area contributed by atoms with Crippen LogP contribution in [-0.2, 0) is 11.3 Å². The smallest absolute Gasteiger partial charge is 0.268 e. The summed E-state index contributed by atoms with van der Waals surface area (Å²) in [5, 5.41) is 3.19. The fourth-order valence-electron chi connectivity index (χ4n) is 3.08. The van der Waals surface area contributed by atoms with Gasteiger partial charge in [-0.2, -0.15) is 0 Å². The molecule has 0 saturated carbocycles. The van der Waals surface area contributed by atoms with Gasteiger partial charge in [0.1, 0.15) is 5.69 Å². The molecule has 0 bridgehead atoms. The molecule has 1 aromatic heterocycles. The number of aryl methyl sites for hydroxylation is 1. The van der Waals surface area contributed by atoms with Gasteiger partial charge in [-0.1, -0.05) is 13.8 Å². The van der Waals surface area contributed by atoms with Crippen LogP contribution in [-0.4, -0.2) is 28.7 Å². The van der Waals surface area contributed by atoms with Crippen LogP contribution in [0.5, 0.6) is 0 Å². The van der Waals surface area contributed by atoms with Crippen LogP contribution in [0.25, 0.3) is 0 Å². The molecule has 1 aliphatic heterocycles. The Balaban J connectivity index is 2.05. The number of nitrogens with one attached hydrogen (secondary N) is 1. The van der Waals surface area contributed by atoms with Crippen molar-refractivity contribution in [3.63, 3.8) is 0 Å². The molecule has 1 aliphatic rings. The van der Waals surface area contributed by atoms with Gasteiger partial charge in [0.2, 0.25) is 0 Å². The second-order valence-electron chi connectivity index (χ2n) is 5.73. The Morgan fingerprint density at radius 2 is 2.19 bits per heavy atom. The molecular formula is C16H25BrN2O2. The minimum atomic E-state index is -0.0659. The van der Waals surface area contributed by atoms with Gasteiger partial charge in [-0.05, 0) is 54.6 Å². The van der Waals surface area contributed by atoms with Crippen LogP contribution in [0.1, 0.15) is 56.9 Å². The maximum absolute atomic E-state index is 12.5. The summed E-state index contributed by atoms with van der Waals surface area (Å²) in [6.07, 6.45) is 5.72. The third kappa shape index (κ3) is 3.69. The fraction of sp³-hybridized carbons (Fsp3) is 0.688. The second-order valence-corrected chi connectivity index (χ2v) is 6.65. The first-order chi connectivity index (χ1) is 10.0.